The zero-order chi connectivity index (χ0) is 16.5. The van der Waals surface area contributed by atoms with Gasteiger partial charge in [0.2, 0.25) is 5.95 Å². The van der Waals surface area contributed by atoms with Gasteiger partial charge in [-0.15, -0.1) is 0 Å². The maximum atomic E-state index is 5.53. The van der Waals surface area contributed by atoms with Crippen molar-refractivity contribution in [3.8, 4) is 0 Å². The molecule has 4 rings (SSSR count). The minimum atomic E-state index is 0.111. The van der Waals surface area contributed by atoms with Gasteiger partial charge in [0.15, 0.2) is 5.82 Å². The van der Waals surface area contributed by atoms with Crippen LogP contribution in [0.25, 0.3) is 11.0 Å². The van der Waals surface area contributed by atoms with E-state index in [4.69, 9.17) is 4.74 Å². The number of H-pyrrole nitrogens is 1. The molecule has 3 heterocycles. The fourth-order valence-corrected chi connectivity index (χ4v) is 2.96. The number of aromatic amines is 1. The Bertz CT molecular complexity index is 840. The lowest BCUT2D eigenvalue weighted by Gasteiger charge is -2.30. The molecule has 0 aliphatic carbocycles. The van der Waals surface area contributed by atoms with Crippen LogP contribution in [0.1, 0.15) is 17.7 Å². The van der Waals surface area contributed by atoms with Gasteiger partial charge in [0, 0.05) is 13.6 Å². The van der Waals surface area contributed by atoms with Crippen LogP contribution in [0.5, 0.6) is 0 Å². The summed E-state index contributed by atoms with van der Waals surface area (Å²) in [6.07, 6.45) is 0. The predicted octanol–water partition coefficient (Wildman–Crippen LogP) is 1.31. The van der Waals surface area contributed by atoms with Crippen molar-refractivity contribution in [2.75, 3.05) is 32.1 Å². The zero-order valence-electron chi connectivity index (χ0n) is 13.9. The first-order chi connectivity index (χ1) is 11.7. The maximum absolute atomic E-state index is 5.53. The third kappa shape index (κ3) is 2.74. The normalized spacial score (nSPS) is 19.0. The summed E-state index contributed by atoms with van der Waals surface area (Å²) >= 11 is 0. The average molecular weight is 327 g/mol. The minimum absolute atomic E-state index is 0.111. The molecule has 1 unspecified atom stereocenters. The van der Waals surface area contributed by atoms with Crippen LogP contribution in [-0.2, 0) is 18.3 Å². The largest absolute Gasteiger partial charge is 0.378 e. The molecule has 3 aromatic rings. The number of rotatable bonds is 4. The van der Waals surface area contributed by atoms with E-state index in [0.717, 1.165) is 41.8 Å². The highest BCUT2D eigenvalue weighted by molar-refractivity contribution is 5.78. The van der Waals surface area contributed by atoms with Gasteiger partial charge >= 0.3 is 0 Å². The van der Waals surface area contributed by atoms with Gasteiger partial charge in [-0.1, -0.05) is 12.1 Å². The second kappa shape index (κ2) is 6.21. The second-order valence-electron chi connectivity index (χ2n) is 6.05. The summed E-state index contributed by atoms with van der Waals surface area (Å²) in [6, 6.07) is 8.17. The highest BCUT2D eigenvalue weighted by atomic mass is 16.5. The summed E-state index contributed by atoms with van der Waals surface area (Å²) in [7, 11) is 4.07. The van der Waals surface area contributed by atoms with E-state index in [1.165, 1.54) is 0 Å². The van der Waals surface area contributed by atoms with Crippen LogP contribution in [0.15, 0.2) is 24.3 Å². The summed E-state index contributed by atoms with van der Waals surface area (Å²) in [6.45, 7) is 2.83. The van der Waals surface area contributed by atoms with Crippen molar-refractivity contribution in [1.82, 2.24) is 29.6 Å². The molecule has 0 radical (unpaired) electrons. The Morgan fingerprint density at radius 3 is 3.00 bits per heavy atom. The van der Waals surface area contributed by atoms with E-state index in [2.05, 4.69) is 43.5 Å². The van der Waals surface area contributed by atoms with Gasteiger partial charge in [-0.05, 0) is 19.2 Å². The molecule has 1 saturated heterocycles. The van der Waals surface area contributed by atoms with Crippen molar-refractivity contribution >= 4 is 17.0 Å². The molecule has 1 aliphatic heterocycles. The monoisotopic (exact) mass is 327 g/mol. The maximum Gasteiger partial charge on any atom is 0.203 e. The van der Waals surface area contributed by atoms with Crippen molar-refractivity contribution in [3.63, 3.8) is 0 Å². The molecule has 8 nitrogen and oxygen atoms in total. The molecule has 1 atom stereocenters. The molecular formula is C16H21N7O. The molecule has 2 N–H and O–H groups in total. The van der Waals surface area contributed by atoms with Gasteiger partial charge in [0.25, 0.3) is 0 Å². The fourth-order valence-electron chi connectivity index (χ4n) is 2.96. The lowest BCUT2D eigenvalue weighted by Crippen LogP contribution is -2.37. The summed E-state index contributed by atoms with van der Waals surface area (Å²) in [4.78, 5) is 11.4. The molecule has 0 bridgehead atoms. The lowest BCUT2D eigenvalue weighted by atomic mass is 10.2. The zero-order valence-corrected chi connectivity index (χ0v) is 13.9. The van der Waals surface area contributed by atoms with Crippen LogP contribution < -0.4 is 5.32 Å². The number of nitrogens with one attached hydrogen (secondary N) is 2. The van der Waals surface area contributed by atoms with Gasteiger partial charge in [-0.3, -0.25) is 10.00 Å². The standard InChI is InChI=1S/C16H21N7O/c1-22-7-8-24-10-13(22)15-19-14(20-21-15)9-17-16-18-11-5-3-4-6-12(11)23(16)2/h3-6,13H,7-10H2,1-2H3,(H,17,18)(H,19,20,21). The highest BCUT2D eigenvalue weighted by Gasteiger charge is 2.25. The fraction of sp³-hybridized carbons (Fsp3) is 0.438. The third-order valence-corrected chi connectivity index (χ3v) is 4.44. The number of nitrogens with zero attached hydrogens (tertiary/aromatic N) is 5. The lowest BCUT2D eigenvalue weighted by molar-refractivity contribution is 0.00194. The van der Waals surface area contributed by atoms with Crippen LogP contribution in [0.4, 0.5) is 5.95 Å². The first kappa shape index (κ1) is 15.1. The molecule has 24 heavy (non-hydrogen) atoms. The number of anilines is 1. The number of fused-ring (bicyclic) bond motifs is 1. The number of ether oxygens (including phenoxy) is 1. The second-order valence-corrected chi connectivity index (χ2v) is 6.05. The molecule has 8 heteroatoms. The van der Waals surface area contributed by atoms with E-state index in [0.29, 0.717) is 13.2 Å². The molecule has 0 saturated carbocycles. The number of morpholine rings is 1. The molecule has 126 valence electrons. The van der Waals surface area contributed by atoms with Crippen molar-refractivity contribution < 1.29 is 4.74 Å². The number of para-hydroxylation sites is 2. The van der Waals surface area contributed by atoms with E-state index in [1.807, 2.05) is 29.8 Å². The van der Waals surface area contributed by atoms with Gasteiger partial charge in [-0.2, -0.15) is 5.10 Å². The number of likely N-dealkylation sites (N-methyl/N-ethyl adjacent to an activating group) is 1. The van der Waals surface area contributed by atoms with E-state index in [9.17, 15) is 0 Å². The van der Waals surface area contributed by atoms with E-state index in [-0.39, 0.29) is 6.04 Å². The number of aryl methyl sites for hydroxylation is 1. The average Bonchev–Trinajstić information content (AvgIpc) is 3.19. The van der Waals surface area contributed by atoms with E-state index in [1.54, 1.807) is 0 Å². The minimum Gasteiger partial charge on any atom is -0.378 e. The summed E-state index contributed by atoms with van der Waals surface area (Å²) in [5, 5.41) is 10.7. The van der Waals surface area contributed by atoms with Crippen molar-refractivity contribution in [2.45, 2.75) is 12.6 Å². The number of aromatic nitrogens is 5. The number of imidazole rings is 1. The van der Waals surface area contributed by atoms with Gasteiger partial charge in [0.05, 0.1) is 36.8 Å². The molecule has 1 aliphatic rings. The van der Waals surface area contributed by atoms with E-state index >= 15 is 0 Å². The van der Waals surface area contributed by atoms with Crippen LogP contribution in [-0.4, -0.2) is 56.4 Å². The van der Waals surface area contributed by atoms with Crippen LogP contribution in [0.2, 0.25) is 0 Å². The Balaban J connectivity index is 1.47. The van der Waals surface area contributed by atoms with Gasteiger partial charge < -0.3 is 14.6 Å². The van der Waals surface area contributed by atoms with Crippen LogP contribution in [0.3, 0.4) is 0 Å². The molecule has 1 aromatic carbocycles. The number of hydrogen-bond donors (Lipinski definition) is 2. The molecule has 0 spiro atoms. The third-order valence-electron chi connectivity index (χ3n) is 4.44. The topological polar surface area (TPSA) is 83.9 Å². The van der Waals surface area contributed by atoms with Crippen molar-refractivity contribution in [3.05, 3.63) is 35.9 Å². The number of benzene rings is 1. The van der Waals surface area contributed by atoms with Crippen molar-refractivity contribution in [2.24, 2.45) is 7.05 Å². The van der Waals surface area contributed by atoms with Gasteiger partial charge in [-0.25, -0.2) is 9.97 Å². The first-order valence-corrected chi connectivity index (χ1v) is 8.07. The smallest absolute Gasteiger partial charge is 0.203 e. The summed E-state index contributed by atoms with van der Waals surface area (Å²) < 4.78 is 7.57. The Labute approximate surface area is 139 Å². The Kier molecular flexibility index (Phi) is 3.91. The quantitative estimate of drug-likeness (QED) is 0.752. The number of hydrogen-bond acceptors (Lipinski definition) is 6. The Hall–Kier alpha value is -2.45. The van der Waals surface area contributed by atoms with Crippen LogP contribution in [0, 0.1) is 0 Å². The van der Waals surface area contributed by atoms with Gasteiger partial charge in [0.1, 0.15) is 5.82 Å². The molecule has 0 amide bonds. The first-order valence-electron chi connectivity index (χ1n) is 8.07. The highest BCUT2D eigenvalue weighted by Crippen LogP contribution is 2.20. The van der Waals surface area contributed by atoms with E-state index < -0.39 is 0 Å². The summed E-state index contributed by atoms with van der Waals surface area (Å²) in [5.41, 5.74) is 2.07. The molecular weight excluding hydrogens is 306 g/mol. The summed E-state index contributed by atoms with van der Waals surface area (Å²) in [5.74, 6) is 2.38. The molecule has 2 aromatic heterocycles. The van der Waals surface area contributed by atoms with Crippen LogP contribution >= 0.6 is 0 Å². The Morgan fingerprint density at radius 2 is 2.17 bits per heavy atom. The molecule has 1 fully saturated rings. The Morgan fingerprint density at radius 1 is 1.29 bits per heavy atom. The van der Waals surface area contributed by atoms with Crippen molar-refractivity contribution in [1.29, 1.82) is 0 Å². The SMILES string of the molecule is CN1CCOCC1c1n[nH]c(CNc2nc3ccccc3n2C)n1. The predicted molar refractivity (Wildman–Crippen MR) is 90.6 cm³/mol.